The first-order valence-electron chi connectivity index (χ1n) is 4.99. The van der Waals surface area contributed by atoms with E-state index in [0.29, 0.717) is 6.04 Å². The van der Waals surface area contributed by atoms with E-state index in [1.54, 1.807) is 11.1 Å². The average molecular weight is 175 g/mol. The molecule has 13 heavy (non-hydrogen) atoms. The van der Waals surface area contributed by atoms with Gasteiger partial charge in [-0.15, -0.1) is 0 Å². The minimum atomic E-state index is 0.593. The molecule has 0 spiro atoms. The Morgan fingerprint density at radius 2 is 2.08 bits per heavy atom. The summed E-state index contributed by atoms with van der Waals surface area (Å²) in [6, 6.07) is 5.21. The zero-order valence-corrected chi connectivity index (χ0v) is 8.65. The topological polar surface area (TPSA) is 12.0 Å². The van der Waals surface area contributed by atoms with Gasteiger partial charge in [0.2, 0.25) is 0 Å². The Balaban J connectivity index is 2.51. The van der Waals surface area contributed by atoms with Gasteiger partial charge in [-0.25, -0.2) is 0 Å². The van der Waals surface area contributed by atoms with Crippen molar-refractivity contribution in [1.82, 2.24) is 5.32 Å². The third-order valence-electron chi connectivity index (χ3n) is 3.02. The molecule has 70 valence electrons. The van der Waals surface area contributed by atoms with Crippen molar-refractivity contribution in [3.8, 4) is 0 Å². The van der Waals surface area contributed by atoms with Crippen molar-refractivity contribution in [3.05, 3.63) is 34.4 Å². The monoisotopic (exact) mass is 175 g/mol. The number of benzene rings is 1. The number of hydrogen-bond donors (Lipinski definition) is 1. The molecule has 0 saturated carbocycles. The largest absolute Gasteiger partial charge is 0.313 e. The van der Waals surface area contributed by atoms with Gasteiger partial charge in [-0.05, 0) is 50.4 Å². The first-order chi connectivity index (χ1) is 6.22. The molecule has 0 heterocycles. The van der Waals surface area contributed by atoms with Gasteiger partial charge in [0.1, 0.15) is 0 Å². The predicted octanol–water partition coefficient (Wildman–Crippen LogP) is 2.51. The highest BCUT2D eigenvalue weighted by Crippen LogP contribution is 2.33. The molecule has 1 aromatic rings. The normalized spacial score (nSPS) is 20.4. The summed E-state index contributed by atoms with van der Waals surface area (Å²) in [4.78, 5) is 0. The molecule has 0 fully saturated rings. The molecule has 1 nitrogen and oxygen atoms in total. The molecule has 1 aliphatic carbocycles. The number of nitrogens with one attached hydrogen (secondary N) is 1. The van der Waals surface area contributed by atoms with Gasteiger partial charge in [-0.2, -0.15) is 0 Å². The molecule has 1 aromatic carbocycles. The molecule has 1 aliphatic rings. The van der Waals surface area contributed by atoms with Gasteiger partial charge in [0, 0.05) is 6.04 Å². The van der Waals surface area contributed by atoms with Crippen LogP contribution in [-0.4, -0.2) is 7.05 Å². The van der Waals surface area contributed by atoms with Crippen molar-refractivity contribution in [2.45, 2.75) is 32.7 Å². The van der Waals surface area contributed by atoms with E-state index < -0.39 is 0 Å². The van der Waals surface area contributed by atoms with E-state index in [2.05, 4.69) is 38.3 Å². The average Bonchev–Trinajstić information content (AvgIpc) is 2.47. The van der Waals surface area contributed by atoms with Crippen molar-refractivity contribution in [2.24, 2.45) is 0 Å². The van der Waals surface area contributed by atoms with Gasteiger partial charge in [-0.3, -0.25) is 0 Å². The van der Waals surface area contributed by atoms with Gasteiger partial charge >= 0.3 is 0 Å². The number of fused-ring (bicyclic) bond motifs is 1. The summed E-state index contributed by atoms with van der Waals surface area (Å²) in [5.74, 6) is 0. The maximum atomic E-state index is 3.38. The fourth-order valence-corrected chi connectivity index (χ4v) is 2.51. The lowest BCUT2D eigenvalue weighted by molar-refractivity contribution is 0.588. The van der Waals surface area contributed by atoms with Crippen LogP contribution in [-0.2, 0) is 6.42 Å². The van der Waals surface area contributed by atoms with Crippen LogP contribution in [0.2, 0.25) is 0 Å². The lowest BCUT2D eigenvalue weighted by Gasteiger charge is -2.13. The van der Waals surface area contributed by atoms with Crippen LogP contribution in [0.3, 0.4) is 0 Å². The highest BCUT2D eigenvalue weighted by atomic mass is 14.9. The van der Waals surface area contributed by atoms with Crippen LogP contribution >= 0.6 is 0 Å². The number of aryl methyl sites for hydroxylation is 3. The SMILES string of the molecule is CNC1CCc2cc(C)cc(C)c21. The molecular formula is C12H17N. The van der Waals surface area contributed by atoms with E-state index in [1.165, 1.54) is 24.0 Å². The van der Waals surface area contributed by atoms with Crippen molar-refractivity contribution < 1.29 is 0 Å². The molecule has 2 rings (SSSR count). The van der Waals surface area contributed by atoms with Crippen LogP contribution in [0, 0.1) is 13.8 Å². The first-order valence-corrected chi connectivity index (χ1v) is 4.99. The summed E-state index contributed by atoms with van der Waals surface area (Å²) in [5, 5.41) is 3.38. The Hall–Kier alpha value is -0.820. The molecule has 0 amide bonds. The molecule has 1 unspecified atom stereocenters. The second-order valence-electron chi connectivity index (χ2n) is 4.03. The maximum Gasteiger partial charge on any atom is 0.0326 e. The lowest BCUT2D eigenvalue weighted by atomic mass is 9.99. The molecular weight excluding hydrogens is 158 g/mol. The summed E-state index contributed by atoms with van der Waals surface area (Å²) >= 11 is 0. The smallest absolute Gasteiger partial charge is 0.0326 e. The van der Waals surface area contributed by atoms with Crippen molar-refractivity contribution in [3.63, 3.8) is 0 Å². The van der Waals surface area contributed by atoms with Gasteiger partial charge < -0.3 is 5.32 Å². The standard InChI is InChI=1S/C12H17N/c1-8-6-9(2)12-10(7-8)4-5-11(12)13-3/h6-7,11,13H,4-5H2,1-3H3. The van der Waals surface area contributed by atoms with Gasteiger partial charge in [0.25, 0.3) is 0 Å². The Morgan fingerprint density at radius 3 is 2.77 bits per heavy atom. The highest BCUT2D eigenvalue weighted by molar-refractivity contribution is 5.43. The molecule has 0 radical (unpaired) electrons. The molecule has 0 bridgehead atoms. The van der Waals surface area contributed by atoms with E-state index in [9.17, 15) is 0 Å². The zero-order chi connectivity index (χ0) is 9.42. The molecule has 1 N–H and O–H groups in total. The maximum absolute atomic E-state index is 3.38. The molecule has 0 aliphatic heterocycles. The van der Waals surface area contributed by atoms with E-state index >= 15 is 0 Å². The van der Waals surface area contributed by atoms with E-state index in [4.69, 9.17) is 0 Å². The van der Waals surface area contributed by atoms with Crippen LogP contribution < -0.4 is 5.32 Å². The molecule has 0 saturated heterocycles. The Bertz CT molecular complexity index is 328. The van der Waals surface area contributed by atoms with Gasteiger partial charge in [0.15, 0.2) is 0 Å². The van der Waals surface area contributed by atoms with Crippen molar-refractivity contribution in [1.29, 1.82) is 0 Å². The van der Waals surface area contributed by atoms with Crippen molar-refractivity contribution >= 4 is 0 Å². The quantitative estimate of drug-likeness (QED) is 0.691. The van der Waals surface area contributed by atoms with Gasteiger partial charge in [0.05, 0.1) is 0 Å². The second kappa shape index (κ2) is 3.15. The fourth-order valence-electron chi connectivity index (χ4n) is 2.51. The highest BCUT2D eigenvalue weighted by Gasteiger charge is 2.22. The number of hydrogen-bond acceptors (Lipinski definition) is 1. The zero-order valence-electron chi connectivity index (χ0n) is 8.65. The molecule has 1 heteroatoms. The summed E-state index contributed by atoms with van der Waals surface area (Å²) < 4.78 is 0. The molecule has 0 aromatic heterocycles. The van der Waals surface area contributed by atoms with Crippen LogP contribution in [0.25, 0.3) is 0 Å². The summed E-state index contributed by atoms with van der Waals surface area (Å²) in [6.45, 7) is 4.40. The summed E-state index contributed by atoms with van der Waals surface area (Å²) in [5.41, 5.74) is 5.95. The van der Waals surface area contributed by atoms with Crippen LogP contribution in [0.15, 0.2) is 12.1 Å². The van der Waals surface area contributed by atoms with Crippen LogP contribution in [0.5, 0.6) is 0 Å². The second-order valence-corrected chi connectivity index (χ2v) is 4.03. The lowest BCUT2D eigenvalue weighted by Crippen LogP contribution is -2.13. The Kier molecular flexibility index (Phi) is 2.12. The Labute approximate surface area is 80.2 Å². The third-order valence-corrected chi connectivity index (χ3v) is 3.02. The third kappa shape index (κ3) is 1.37. The molecule has 1 atom stereocenters. The van der Waals surface area contributed by atoms with E-state index in [-0.39, 0.29) is 0 Å². The van der Waals surface area contributed by atoms with Crippen LogP contribution in [0.4, 0.5) is 0 Å². The fraction of sp³-hybridized carbons (Fsp3) is 0.500. The minimum Gasteiger partial charge on any atom is -0.313 e. The van der Waals surface area contributed by atoms with Gasteiger partial charge in [-0.1, -0.05) is 17.7 Å². The summed E-state index contributed by atoms with van der Waals surface area (Å²) in [6.07, 6.45) is 2.50. The first kappa shape index (κ1) is 8.76. The van der Waals surface area contributed by atoms with E-state index in [0.717, 1.165) is 0 Å². The number of rotatable bonds is 1. The van der Waals surface area contributed by atoms with E-state index in [1.807, 2.05) is 0 Å². The Morgan fingerprint density at radius 1 is 1.31 bits per heavy atom. The minimum absolute atomic E-state index is 0.593. The van der Waals surface area contributed by atoms with Crippen molar-refractivity contribution in [2.75, 3.05) is 7.05 Å². The summed E-state index contributed by atoms with van der Waals surface area (Å²) in [7, 11) is 2.05. The van der Waals surface area contributed by atoms with Crippen LogP contribution in [0.1, 0.15) is 34.7 Å². The predicted molar refractivity (Wildman–Crippen MR) is 56.0 cm³/mol.